The van der Waals surface area contributed by atoms with Crippen molar-refractivity contribution >= 4 is 0 Å². The number of benzene rings is 1. The molecule has 3 nitrogen and oxygen atoms in total. The third kappa shape index (κ3) is 3.16. The monoisotopic (exact) mass is 311 g/mol. The van der Waals surface area contributed by atoms with E-state index in [0.717, 1.165) is 25.7 Å². The average Bonchev–Trinajstić information content (AvgIpc) is 2.99. The van der Waals surface area contributed by atoms with E-state index in [1.807, 2.05) is 0 Å². The maximum Gasteiger partial charge on any atom is 0.130 e. The van der Waals surface area contributed by atoms with E-state index in [0.29, 0.717) is 25.8 Å². The van der Waals surface area contributed by atoms with Gasteiger partial charge in [0.25, 0.3) is 0 Å². The zero-order valence-electron chi connectivity index (χ0n) is 12.7. The summed E-state index contributed by atoms with van der Waals surface area (Å²) in [6.07, 6.45) is 4.42. The lowest BCUT2D eigenvalue weighted by Crippen LogP contribution is -2.54. The highest BCUT2D eigenvalue weighted by atomic mass is 19.1. The maximum atomic E-state index is 14.0. The van der Waals surface area contributed by atoms with Gasteiger partial charge in [-0.15, -0.1) is 0 Å². The van der Waals surface area contributed by atoms with E-state index in [9.17, 15) is 13.9 Å². The summed E-state index contributed by atoms with van der Waals surface area (Å²) >= 11 is 0. The molecule has 1 heterocycles. The van der Waals surface area contributed by atoms with Crippen LogP contribution in [-0.4, -0.2) is 42.4 Å². The van der Waals surface area contributed by atoms with Crippen LogP contribution in [0.15, 0.2) is 18.2 Å². The predicted octanol–water partition coefficient (Wildman–Crippen LogP) is 2.72. The third-order valence-corrected chi connectivity index (χ3v) is 4.95. The molecule has 1 N–H and O–H groups in total. The molecule has 0 aromatic heterocycles. The predicted molar refractivity (Wildman–Crippen MR) is 79.4 cm³/mol. The molecule has 0 amide bonds. The largest absolute Gasteiger partial charge is 0.396 e. The van der Waals surface area contributed by atoms with Gasteiger partial charge in [-0.1, -0.05) is 18.9 Å². The smallest absolute Gasteiger partial charge is 0.130 e. The van der Waals surface area contributed by atoms with E-state index >= 15 is 0 Å². The molecule has 1 aromatic rings. The Morgan fingerprint density at radius 3 is 2.32 bits per heavy atom. The van der Waals surface area contributed by atoms with E-state index in [1.54, 1.807) is 0 Å². The fourth-order valence-electron chi connectivity index (χ4n) is 3.52. The van der Waals surface area contributed by atoms with Gasteiger partial charge < -0.3 is 9.84 Å². The zero-order valence-corrected chi connectivity index (χ0v) is 12.7. The Labute approximate surface area is 129 Å². The second-order valence-electron chi connectivity index (χ2n) is 6.69. The van der Waals surface area contributed by atoms with Crippen LogP contribution in [0.25, 0.3) is 0 Å². The summed E-state index contributed by atoms with van der Waals surface area (Å²) in [6.45, 7) is 1.97. The molecule has 0 radical (unpaired) electrons. The molecule has 2 aliphatic rings. The van der Waals surface area contributed by atoms with Crippen LogP contribution in [0.5, 0.6) is 0 Å². The minimum absolute atomic E-state index is 0.0516. The van der Waals surface area contributed by atoms with Crippen molar-refractivity contribution in [1.29, 1.82) is 0 Å². The SMILES string of the molecule is OCC1(CN(Cc2c(F)cccc2F)C2CCCC2)COC1. The molecular formula is C17H23F2NO2. The molecule has 1 aliphatic carbocycles. The first-order chi connectivity index (χ1) is 10.6. The number of ether oxygens (including phenoxy) is 1. The number of hydrogen-bond acceptors (Lipinski definition) is 3. The summed E-state index contributed by atoms with van der Waals surface area (Å²) in [6, 6.07) is 4.34. The molecular weight excluding hydrogens is 288 g/mol. The first-order valence-electron chi connectivity index (χ1n) is 7.99. The lowest BCUT2D eigenvalue weighted by atomic mass is 9.85. The number of rotatable bonds is 6. The van der Waals surface area contributed by atoms with Gasteiger partial charge in [-0.25, -0.2) is 8.78 Å². The Bertz CT molecular complexity index is 488. The van der Waals surface area contributed by atoms with Gasteiger partial charge in [0.05, 0.1) is 25.2 Å². The van der Waals surface area contributed by atoms with Gasteiger partial charge in [0.15, 0.2) is 0 Å². The van der Waals surface area contributed by atoms with Crippen molar-refractivity contribution in [2.24, 2.45) is 5.41 Å². The van der Waals surface area contributed by atoms with Crippen molar-refractivity contribution in [3.8, 4) is 0 Å². The second kappa shape index (κ2) is 6.60. The molecule has 0 unspecified atom stereocenters. The molecule has 22 heavy (non-hydrogen) atoms. The van der Waals surface area contributed by atoms with Crippen LogP contribution < -0.4 is 0 Å². The molecule has 1 saturated heterocycles. The van der Waals surface area contributed by atoms with E-state index < -0.39 is 11.6 Å². The lowest BCUT2D eigenvalue weighted by Gasteiger charge is -2.45. The fourth-order valence-corrected chi connectivity index (χ4v) is 3.52. The average molecular weight is 311 g/mol. The summed E-state index contributed by atoms with van der Waals surface area (Å²) in [7, 11) is 0. The van der Waals surface area contributed by atoms with Crippen molar-refractivity contribution < 1.29 is 18.6 Å². The Hall–Kier alpha value is -1.04. The van der Waals surface area contributed by atoms with Gasteiger partial charge in [-0.3, -0.25) is 4.90 Å². The highest BCUT2D eigenvalue weighted by Gasteiger charge is 2.41. The van der Waals surface area contributed by atoms with Crippen LogP contribution in [0.2, 0.25) is 0 Å². The number of nitrogens with zero attached hydrogens (tertiary/aromatic N) is 1. The summed E-state index contributed by atoms with van der Waals surface area (Å²) in [5.74, 6) is -0.989. The van der Waals surface area contributed by atoms with Crippen molar-refractivity contribution in [2.75, 3.05) is 26.4 Å². The molecule has 0 spiro atoms. The standard InChI is InChI=1S/C17H23F2NO2/c18-15-6-3-7-16(19)14(15)8-20(13-4-1-2-5-13)9-17(10-21)11-22-12-17/h3,6-7,13,21H,1-2,4-5,8-12H2. The Morgan fingerprint density at radius 2 is 1.82 bits per heavy atom. The van der Waals surface area contributed by atoms with E-state index in [-0.39, 0.29) is 24.1 Å². The number of halogens is 2. The minimum Gasteiger partial charge on any atom is -0.396 e. The highest BCUT2D eigenvalue weighted by Crippen LogP contribution is 2.33. The van der Waals surface area contributed by atoms with Crippen molar-refractivity contribution in [1.82, 2.24) is 4.90 Å². The van der Waals surface area contributed by atoms with Gasteiger partial charge in [-0.05, 0) is 25.0 Å². The van der Waals surface area contributed by atoms with Crippen LogP contribution >= 0.6 is 0 Å². The lowest BCUT2D eigenvalue weighted by molar-refractivity contribution is -0.152. The Kier molecular flexibility index (Phi) is 4.76. The van der Waals surface area contributed by atoms with Crippen molar-refractivity contribution in [3.63, 3.8) is 0 Å². The third-order valence-electron chi connectivity index (χ3n) is 4.95. The molecule has 1 saturated carbocycles. The van der Waals surface area contributed by atoms with Crippen LogP contribution in [-0.2, 0) is 11.3 Å². The topological polar surface area (TPSA) is 32.7 Å². The molecule has 1 aliphatic heterocycles. The van der Waals surface area contributed by atoms with E-state index in [2.05, 4.69) is 4.90 Å². The summed E-state index contributed by atoms with van der Waals surface area (Å²) in [5.41, 5.74) is -0.146. The number of hydrogen-bond donors (Lipinski definition) is 1. The Morgan fingerprint density at radius 1 is 1.18 bits per heavy atom. The Balaban J connectivity index is 1.79. The van der Waals surface area contributed by atoms with Crippen LogP contribution in [0.3, 0.4) is 0 Å². The van der Waals surface area contributed by atoms with E-state index in [1.165, 1.54) is 18.2 Å². The van der Waals surface area contributed by atoms with Crippen molar-refractivity contribution in [3.05, 3.63) is 35.4 Å². The van der Waals surface area contributed by atoms with Gasteiger partial charge >= 0.3 is 0 Å². The number of aliphatic hydroxyl groups excluding tert-OH is 1. The number of aliphatic hydroxyl groups is 1. The summed E-state index contributed by atoms with van der Waals surface area (Å²) in [5, 5.41) is 9.65. The molecule has 0 bridgehead atoms. The maximum absolute atomic E-state index is 14.0. The normalized spacial score (nSPS) is 21.3. The van der Waals surface area contributed by atoms with Gasteiger partial charge in [-0.2, -0.15) is 0 Å². The zero-order chi connectivity index (χ0) is 15.6. The first-order valence-corrected chi connectivity index (χ1v) is 7.99. The van der Waals surface area contributed by atoms with Crippen LogP contribution in [0, 0.1) is 17.0 Å². The van der Waals surface area contributed by atoms with Gasteiger partial charge in [0.2, 0.25) is 0 Å². The molecule has 1 aromatic carbocycles. The summed E-state index contributed by atoms with van der Waals surface area (Å²) in [4.78, 5) is 2.15. The van der Waals surface area contributed by atoms with Crippen molar-refractivity contribution in [2.45, 2.75) is 38.3 Å². The highest BCUT2D eigenvalue weighted by molar-refractivity contribution is 5.20. The van der Waals surface area contributed by atoms with Crippen LogP contribution in [0.1, 0.15) is 31.2 Å². The van der Waals surface area contributed by atoms with Crippen LogP contribution in [0.4, 0.5) is 8.78 Å². The van der Waals surface area contributed by atoms with E-state index in [4.69, 9.17) is 4.74 Å². The molecule has 2 fully saturated rings. The molecule has 0 atom stereocenters. The van der Waals surface area contributed by atoms with Gasteiger partial charge in [0, 0.05) is 24.7 Å². The quantitative estimate of drug-likeness (QED) is 0.877. The second-order valence-corrected chi connectivity index (χ2v) is 6.69. The first kappa shape index (κ1) is 15.8. The minimum atomic E-state index is -0.495. The molecule has 3 rings (SSSR count). The molecule has 122 valence electrons. The fraction of sp³-hybridized carbons (Fsp3) is 0.647. The van der Waals surface area contributed by atoms with Gasteiger partial charge in [0.1, 0.15) is 11.6 Å². The summed E-state index contributed by atoms with van der Waals surface area (Å²) < 4.78 is 33.2. The molecule has 5 heteroatoms.